The Bertz CT molecular complexity index is 712. The van der Waals surface area contributed by atoms with E-state index in [1.165, 1.54) is 23.5 Å². The predicted molar refractivity (Wildman–Crippen MR) is 103 cm³/mol. The molecule has 0 spiro atoms. The van der Waals surface area contributed by atoms with Crippen LogP contribution in [0, 0.1) is 5.41 Å². The Labute approximate surface area is 162 Å². The molecule has 1 rings (SSSR count). The van der Waals surface area contributed by atoms with Gasteiger partial charge in [0.25, 0.3) is 5.91 Å². The summed E-state index contributed by atoms with van der Waals surface area (Å²) < 4.78 is 32.9. The van der Waals surface area contributed by atoms with Gasteiger partial charge in [0, 0.05) is 6.54 Å². The molecule has 154 valence electrons. The lowest BCUT2D eigenvalue weighted by Crippen LogP contribution is -2.55. The van der Waals surface area contributed by atoms with Crippen molar-refractivity contribution in [2.75, 3.05) is 34.3 Å². The van der Waals surface area contributed by atoms with Crippen LogP contribution in [0.1, 0.15) is 27.2 Å². The summed E-state index contributed by atoms with van der Waals surface area (Å²) >= 11 is 0. The van der Waals surface area contributed by atoms with Crippen LogP contribution in [0.5, 0.6) is 5.75 Å². The molecule has 27 heavy (non-hydrogen) atoms. The number of amides is 1. The Hall–Kier alpha value is -1.68. The number of nitrogens with zero attached hydrogens (tertiary/aromatic N) is 2. The minimum atomic E-state index is -3.97. The lowest BCUT2D eigenvalue weighted by atomic mass is 9.86. The van der Waals surface area contributed by atoms with E-state index in [1.807, 2.05) is 19.0 Å². The van der Waals surface area contributed by atoms with Crippen molar-refractivity contribution in [3.8, 4) is 5.75 Å². The molecule has 0 aliphatic rings. The number of nitrogens with one attached hydrogen (secondary N) is 1. The molecule has 1 atom stereocenters. The summed E-state index contributed by atoms with van der Waals surface area (Å²) in [6.45, 7) is 6.08. The van der Waals surface area contributed by atoms with Gasteiger partial charge in [0.1, 0.15) is 11.8 Å². The number of hydrogen-bond donors (Lipinski definition) is 2. The average Bonchev–Trinajstić information content (AvgIpc) is 2.59. The van der Waals surface area contributed by atoms with Crippen LogP contribution in [0.3, 0.4) is 0 Å². The summed E-state index contributed by atoms with van der Waals surface area (Å²) in [5, 5.41) is 9.19. The maximum Gasteiger partial charge on any atom is 0.262 e. The molecule has 0 aliphatic heterocycles. The van der Waals surface area contributed by atoms with Gasteiger partial charge in [-0.05, 0) is 56.7 Å². The van der Waals surface area contributed by atoms with Gasteiger partial charge in [-0.25, -0.2) is 13.9 Å². The lowest BCUT2D eigenvalue weighted by Gasteiger charge is -2.37. The summed E-state index contributed by atoms with van der Waals surface area (Å²) in [5.41, 5.74) is 0.886. The van der Waals surface area contributed by atoms with Gasteiger partial charge < -0.3 is 9.64 Å². The monoisotopic (exact) mass is 401 g/mol. The van der Waals surface area contributed by atoms with E-state index in [4.69, 9.17) is 4.74 Å². The minimum Gasteiger partial charge on any atom is -0.497 e. The number of carbonyl (C=O) groups is 1. The van der Waals surface area contributed by atoms with Crippen molar-refractivity contribution in [2.45, 2.75) is 38.1 Å². The van der Waals surface area contributed by atoms with E-state index in [9.17, 15) is 18.4 Å². The Morgan fingerprint density at radius 2 is 1.74 bits per heavy atom. The standard InChI is InChI=1S/C18H31N3O5S/c1-18(2,3)16(17(22)19-23)21(13-7-12-20(4)5)27(24,25)15-10-8-14(26-6)9-11-15/h8-11,16,23H,7,12-13H2,1-6H3,(H,19,22)/t16-/m0/s1. The van der Waals surface area contributed by atoms with Gasteiger partial charge in [-0.2, -0.15) is 4.31 Å². The molecule has 0 radical (unpaired) electrons. The molecule has 9 heteroatoms. The summed E-state index contributed by atoms with van der Waals surface area (Å²) in [4.78, 5) is 14.4. The van der Waals surface area contributed by atoms with Gasteiger partial charge >= 0.3 is 0 Å². The van der Waals surface area contributed by atoms with Crippen LogP contribution in [-0.2, 0) is 14.8 Å². The highest BCUT2D eigenvalue weighted by atomic mass is 32.2. The summed E-state index contributed by atoms with van der Waals surface area (Å²) in [6, 6.07) is 4.94. The van der Waals surface area contributed by atoms with E-state index in [-0.39, 0.29) is 11.4 Å². The highest BCUT2D eigenvalue weighted by molar-refractivity contribution is 7.89. The van der Waals surface area contributed by atoms with Gasteiger partial charge in [-0.3, -0.25) is 10.0 Å². The van der Waals surface area contributed by atoms with Crippen molar-refractivity contribution in [3.63, 3.8) is 0 Å². The maximum absolute atomic E-state index is 13.3. The van der Waals surface area contributed by atoms with Crippen molar-refractivity contribution in [2.24, 2.45) is 5.41 Å². The molecule has 0 aromatic heterocycles. The second kappa shape index (κ2) is 9.50. The molecule has 2 N–H and O–H groups in total. The van der Waals surface area contributed by atoms with Gasteiger partial charge in [-0.1, -0.05) is 20.8 Å². The summed E-state index contributed by atoms with van der Waals surface area (Å²) in [7, 11) is 1.31. The second-order valence-electron chi connectivity index (χ2n) is 7.69. The summed E-state index contributed by atoms with van der Waals surface area (Å²) in [5.74, 6) is -0.224. The first-order valence-corrected chi connectivity index (χ1v) is 10.1. The highest BCUT2D eigenvalue weighted by Crippen LogP contribution is 2.30. The third kappa shape index (κ3) is 6.17. The normalized spacial score (nSPS) is 13.7. The van der Waals surface area contributed by atoms with Crippen LogP contribution in [0.4, 0.5) is 0 Å². The van der Waals surface area contributed by atoms with E-state index < -0.39 is 27.4 Å². The zero-order valence-electron chi connectivity index (χ0n) is 16.9. The van der Waals surface area contributed by atoms with E-state index in [0.717, 1.165) is 0 Å². The third-order valence-electron chi connectivity index (χ3n) is 4.12. The Morgan fingerprint density at radius 1 is 1.19 bits per heavy atom. The van der Waals surface area contributed by atoms with Crippen LogP contribution in [0.25, 0.3) is 0 Å². The van der Waals surface area contributed by atoms with E-state index >= 15 is 0 Å². The number of sulfonamides is 1. The van der Waals surface area contributed by atoms with Crippen molar-refractivity contribution in [1.29, 1.82) is 0 Å². The molecule has 0 fully saturated rings. The Kier molecular flexibility index (Phi) is 8.22. The molecule has 1 aromatic carbocycles. The fourth-order valence-corrected chi connectivity index (χ4v) is 4.64. The molecule has 1 amide bonds. The first-order chi connectivity index (χ1) is 12.4. The molecule has 0 heterocycles. The van der Waals surface area contributed by atoms with E-state index in [2.05, 4.69) is 0 Å². The number of rotatable bonds is 9. The zero-order chi connectivity index (χ0) is 20.8. The largest absolute Gasteiger partial charge is 0.497 e. The van der Waals surface area contributed by atoms with Gasteiger partial charge in [-0.15, -0.1) is 0 Å². The van der Waals surface area contributed by atoms with E-state index in [1.54, 1.807) is 38.4 Å². The van der Waals surface area contributed by atoms with Crippen LogP contribution in [0.2, 0.25) is 0 Å². The number of hydrogen-bond acceptors (Lipinski definition) is 6. The number of carbonyl (C=O) groups excluding carboxylic acids is 1. The van der Waals surface area contributed by atoms with Crippen molar-refractivity contribution < 1.29 is 23.2 Å². The fourth-order valence-electron chi connectivity index (χ4n) is 2.83. The number of hydroxylamine groups is 1. The predicted octanol–water partition coefficient (Wildman–Crippen LogP) is 1.56. The second-order valence-corrected chi connectivity index (χ2v) is 9.58. The van der Waals surface area contributed by atoms with Crippen LogP contribution in [-0.4, -0.2) is 69.1 Å². The number of methoxy groups -OCH3 is 1. The van der Waals surface area contributed by atoms with E-state index in [0.29, 0.717) is 18.7 Å². The average molecular weight is 402 g/mol. The van der Waals surface area contributed by atoms with Crippen LogP contribution >= 0.6 is 0 Å². The smallest absolute Gasteiger partial charge is 0.262 e. The topological polar surface area (TPSA) is 99.2 Å². The Morgan fingerprint density at radius 3 is 2.15 bits per heavy atom. The molecular weight excluding hydrogens is 370 g/mol. The van der Waals surface area contributed by atoms with Crippen molar-refractivity contribution >= 4 is 15.9 Å². The lowest BCUT2D eigenvalue weighted by molar-refractivity contribution is -0.136. The molecular formula is C18H31N3O5S. The molecule has 1 aromatic rings. The van der Waals surface area contributed by atoms with Crippen molar-refractivity contribution in [1.82, 2.24) is 14.7 Å². The maximum atomic E-state index is 13.3. The first-order valence-electron chi connectivity index (χ1n) is 8.69. The fraction of sp³-hybridized carbons (Fsp3) is 0.611. The van der Waals surface area contributed by atoms with Gasteiger partial charge in [0.15, 0.2) is 0 Å². The summed E-state index contributed by atoms with van der Waals surface area (Å²) in [6.07, 6.45) is 0.535. The van der Waals surface area contributed by atoms with Crippen molar-refractivity contribution in [3.05, 3.63) is 24.3 Å². The SMILES string of the molecule is COc1ccc(S(=O)(=O)N(CCCN(C)C)[C@@H](C(=O)NO)C(C)(C)C)cc1. The van der Waals surface area contributed by atoms with Gasteiger partial charge in [0.2, 0.25) is 10.0 Å². The Balaban J connectivity index is 3.38. The molecule has 0 bridgehead atoms. The zero-order valence-corrected chi connectivity index (χ0v) is 17.7. The molecule has 0 unspecified atom stereocenters. The first kappa shape index (κ1) is 23.4. The highest BCUT2D eigenvalue weighted by Gasteiger charge is 2.42. The third-order valence-corrected chi connectivity index (χ3v) is 6.00. The molecule has 0 aliphatic carbocycles. The van der Waals surface area contributed by atoms with Gasteiger partial charge in [0.05, 0.1) is 12.0 Å². The van der Waals surface area contributed by atoms with Crippen LogP contribution in [0.15, 0.2) is 29.2 Å². The molecule has 8 nitrogen and oxygen atoms in total. The molecule has 0 saturated heterocycles. The number of ether oxygens (including phenoxy) is 1. The minimum absolute atomic E-state index is 0.0631. The molecule has 0 saturated carbocycles. The quantitative estimate of drug-likeness (QED) is 0.481. The van der Waals surface area contributed by atoms with Crippen LogP contribution < -0.4 is 10.2 Å². The number of benzene rings is 1.